The number of nitrogens with one attached hydrogen (secondary N) is 1. The maximum atomic E-state index is 11.6. The fraction of sp³-hybridized carbons (Fsp3) is 0.933. The molecule has 1 aliphatic rings. The van der Waals surface area contributed by atoms with Gasteiger partial charge in [0.2, 0.25) is 0 Å². The highest BCUT2D eigenvalue weighted by Crippen LogP contribution is 2.28. The molecule has 1 unspecified atom stereocenters. The molecular weight excluding hydrogens is 258 g/mol. The molecule has 1 rings (SSSR count). The van der Waals surface area contributed by atoms with Gasteiger partial charge in [-0.3, -0.25) is 10.1 Å². The summed E-state index contributed by atoms with van der Waals surface area (Å²) in [6.07, 6.45) is 8.58. The van der Waals surface area contributed by atoms with E-state index in [0.717, 1.165) is 31.4 Å². The molecule has 0 aliphatic heterocycles. The Morgan fingerprint density at radius 2 is 1.95 bits per heavy atom. The van der Waals surface area contributed by atoms with Crippen LogP contribution < -0.4 is 5.32 Å². The lowest BCUT2D eigenvalue weighted by Gasteiger charge is -2.29. The van der Waals surface area contributed by atoms with Crippen LogP contribution in [-0.4, -0.2) is 34.2 Å². The Labute approximate surface area is 121 Å². The van der Waals surface area contributed by atoms with Gasteiger partial charge in [0, 0.05) is 6.04 Å². The Kier molecular flexibility index (Phi) is 7.84. The van der Waals surface area contributed by atoms with Crippen LogP contribution in [0.3, 0.4) is 0 Å². The van der Waals surface area contributed by atoms with Crippen LogP contribution >= 0.6 is 11.8 Å². The van der Waals surface area contributed by atoms with Crippen LogP contribution in [0.25, 0.3) is 0 Å². The predicted molar refractivity (Wildman–Crippen MR) is 82.9 cm³/mol. The molecule has 2 N–H and O–H groups in total. The molecule has 1 saturated carbocycles. The van der Waals surface area contributed by atoms with Gasteiger partial charge in [0.1, 0.15) is 5.54 Å². The Hall–Kier alpha value is -0.220. The van der Waals surface area contributed by atoms with Crippen molar-refractivity contribution in [3.8, 4) is 0 Å². The highest BCUT2D eigenvalue weighted by atomic mass is 32.2. The number of aliphatic carboxylic acids is 1. The number of rotatable bonds is 12. The van der Waals surface area contributed by atoms with E-state index in [1.54, 1.807) is 0 Å². The smallest absolute Gasteiger partial charge is 0.323 e. The van der Waals surface area contributed by atoms with Crippen molar-refractivity contribution in [3.05, 3.63) is 0 Å². The molecule has 0 aromatic rings. The number of hydrogen-bond donors (Lipinski definition) is 2. The van der Waals surface area contributed by atoms with Crippen LogP contribution in [0.2, 0.25) is 0 Å². The van der Waals surface area contributed by atoms with Crippen molar-refractivity contribution in [1.82, 2.24) is 5.32 Å². The summed E-state index contributed by atoms with van der Waals surface area (Å²) in [5.41, 5.74) is -0.675. The molecule has 0 radical (unpaired) electrons. The normalized spacial score (nSPS) is 18.2. The topological polar surface area (TPSA) is 49.3 Å². The van der Waals surface area contributed by atoms with Crippen molar-refractivity contribution in [3.63, 3.8) is 0 Å². The number of thioether (sulfide) groups is 1. The maximum absolute atomic E-state index is 11.6. The lowest BCUT2D eigenvalue weighted by atomic mass is 9.90. The first-order valence-electron chi connectivity index (χ1n) is 7.73. The zero-order chi connectivity index (χ0) is 14.1. The van der Waals surface area contributed by atoms with E-state index in [9.17, 15) is 9.90 Å². The molecule has 3 nitrogen and oxygen atoms in total. The van der Waals surface area contributed by atoms with Gasteiger partial charge in [-0.2, -0.15) is 11.8 Å². The Morgan fingerprint density at radius 3 is 2.47 bits per heavy atom. The molecule has 0 heterocycles. The highest BCUT2D eigenvalue weighted by Gasteiger charge is 2.40. The third-order valence-corrected chi connectivity index (χ3v) is 5.01. The number of carbonyl (C=O) groups is 1. The third kappa shape index (κ3) is 6.17. The van der Waals surface area contributed by atoms with Gasteiger partial charge in [-0.05, 0) is 50.0 Å². The molecule has 0 aromatic carbocycles. The van der Waals surface area contributed by atoms with E-state index < -0.39 is 11.5 Å². The minimum absolute atomic E-state index is 0.452. The first-order valence-corrected chi connectivity index (χ1v) is 8.89. The van der Waals surface area contributed by atoms with Gasteiger partial charge in [0.25, 0.3) is 0 Å². The van der Waals surface area contributed by atoms with Gasteiger partial charge >= 0.3 is 5.97 Å². The van der Waals surface area contributed by atoms with Crippen LogP contribution in [0, 0.1) is 0 Å². The summed E-state index contributed by atoms with van der Waals surface area (Å²) in [5.74, 6) is 1.64. The summed E-state index contributed by atoms with van der Waals surface area (Å²) in [6.45, 7) is 4.20. The second kappa shape index (κ2) is 8.85. The number of unbranched alkanes of at least 4 members (excludes halogenated alkanes) is 2. The van der Waals surface area contributed by atoms with E-state index in [1.807, 2.05) is 18.7 Å². The summed E-state index contributed by atoms with van der Waals surface area (Å²) in [5, 5.41) is 12.9. The standard InChI is InChI=1S/C15H29NO2S/c1-3-5-6-11-19-12-7-10-15(4-2,14(17)18)16-13-8-9-13/h13,16H,3-12H2,1-2H3,(H,17,18). The van der Waals surface area contributed by atoms with E-state index >= 15 is 0 Å². The molecule has 0 aromatic heterocycles. The SMILES string of the molecule is CCCCCSCCCC(CC)(NC1CC1)C(=O)O. The highest BCUT2D eigenvalue weighted by molar-refractivity contribution is 7.99. The molecule has 19 heavy (non-hydrogen) atoms. The quantitative estimate of drug-likeness (QED) is 0.538. The lowest BCUT2D eigenvalue weighted by molar-refractivity contribution is -0.145. The van der Waals surface area contributed by atoms with Crippen molar-refractivity contribution in [2.24, 2.45) is 0 Å². The van der Waals surface area contributed by atoms with Crippen molar-refractivity contribution >= 4 is 17.7 Å². The molecule has 1 atom stereocenters. The number of carboxylic acid groups (broad SMARTS) is 1. The van der Waals surface area contributed by atoms with Crippen molar-refractivity contribution in [1.29, 1.82) is 0 Å². The van der Waals surface area contributed by atoms with E-state index in [0.29, 0.717) is 12.5 Å². The summed E-state index contributed by atoms with van der Waals surface area (Å²) in [6, 6.07) is 0.452. The van der Waals surface area contributed by atoms with Crippen LogP contribution in [0.15, 0.2) is 0 Å². The molecule has 1 aliphatic carbocycles. The Bertz CT molecular complexity index is 269. The maximum Gasteiger partial charge on any atom is 0.323 e. The number of hydrogen-bond acceptors (Lipinski definition) is 3. The molecule has 0 amide bonds. The fourth-order valence-electron chi connectivity index (χ4n) is 2.32. The summed E-state index contributed by atoms with van der Waals surface area (Å²) < 4.78 is 0. The van der Waals surface area contributed by atoms with E-state index in [1.165, 1.54) is 25.0 Å². The summed E-state index contributed by atoms with van der Waals surface area (Å²) in [4.78, 5) is 11.6. The monoisotopic (exact) mass is 287 g/mol. The van der Waals surface area contributed by atoms with E-state index in [4.69, 9.17) is 0 Å². The van der Waals surface area contributed by atoms with Gasteiger partial charge in [0.15, 0.2) is 0 Å². The average molecular weight is 287 g/mol. The van der Waals surface area contributed by atoms with Crippen LogP contribution in [0.5, 0.6) is 0 Å². The Balaban J connectivity index is 2.22. The van der Waals surface area contributed by atoms with Gasteiger partial charge < -0.3 is 5.11 Å². The van der Waals surface area contributed by atoms with Crippen LogP contribution in [0.1, 0.15) is 65.2 Å². The predicted octanol–water partition coefficient (Wildman–Crippen LogP) is 3.68. The van der Waals surface area contributed by atoms with Gasteiger partial charge in [-0.1, -0.05) is 26.7 Å². The van der Waals surface area contributed by atoms with Crippen molar-refractivity contribution in [2.75, 3.05) is 11.5 Å². The van der Waals surface area contributed by atoms with Crippen LogP contribution in [-0.2, 0) is 4.79 Å². The third-order valence-electron chi connectivity index (χ3n) is 3.86. The zero-order valence-electron chi connectivity index (χ0n) is 12.4. The molecular formula is C15H29NO2S. The van der Waals surface area contributed by atoms with Gasteiger partial charge in [-0.25, -0.2) is 0 Å². The van der Waals surface area contributed by atoms with Gasteiger partial charge in [0.05, 0.1) is 0 Å². The summed E-state index contributed by atoms with van der Waals surface area (Å²) >= 11 is 1.97. The molecule has 4 heteroatoms. The average Bonchev–Trinajstić information content (AvgIpc) is 3.20. The van der Waals surface area contributed by atoms with Gasteiger partial charge in [-0.15, -0.1) is 0 Å². The minimum Gasteiger partial charge on any atom is -0.480 e. The van der Waals surface area contributed by atoms with E-state index in [2.05, 4.69) is 12.2 Å². The van der Waals surface area contributed by atoms with Crippen LogP contribution in [0.4, 0.5) is 0 Å². The second-order valence-corrected chi connectivity index (χ2v) is 6.81. The zero-order valence-corrected chi connectivity index (χ0v) is 13.2. The first kappa shape index (κ1) is 16.8. The minimum atomic E-state index is -0.675. The van der Waals surface area contributed by atoms with Crippen molar-refractivity contribution in [2.45, 2.75) is 76.8 Å². The molecule has 112 valence electrons. The van der Waals surface area contributed by atoms with Crippen molar-refractivity contribution < 1.29 is 9.90 Å². The molecule has 1 fully saturated rings. The number of carboxylic acids is 1. The molecule has 0 bridgehead atoms. The molecule has 0 spiro atoms. The fourth-order valence-corrected chi connectivity index (χ4v) is 3.28. The van der Waals surface area contributed by atoms with E-state index in [-0.39, 0.29) is 0 Å². The largest absolute Gasteiger partial charge is 0.480 e. The lowest BCUT2D eigenvalue weighted by Crippen LogP contribution is -2.52. The first-order chi connectivity index (χ1) is 9.14. The molecule has 0 saturated heterocycles. The summed E-state index contributed by atoms with van der Waals surface area (Å²) in [7, 11) is 0. The Morgan fingerprint density at radius 1 is 1.26 bits per heavy atom. The second-order valence-electron chi connectivity index (χ2n) is 5.58.